The first kappa shape index (κ1) is 16.0. The maximum Gasteiger partial charge on any atom is 0.127 e. The van der Waals surface area contributed by atoms with Crippen LogP contribution in [-0.4, -0.2) is 51.6 Å². The van der Waals surface area contributed by atoms with E-state index in [1.165, 1.54) is 0 Å². The van der Waals surface area contributed by atoms with Crippen molar-refractivity contribution < 1.29 is 20.1 Å². The van der Waals surface area contributed by atoms with Gasteiger partial charge in [0.15, 0.2) is 0 Å². The van der Waals surface area contributed by atoms with Crippen LogP contribution in [0.2, 0.25) is 0 Å². The topological polar surface area (TPSA) is 73.2 Å². The number of likely N-dealkylation sites (tertiary alicyclic amines) is 1. The number of rotatable bonds is 4. The van der Waals surface area contributed by atoms with E-state index in [4.69, 9.17) is 4.74 Å². The molecule has 2 aromatic rings. The Hall–Kier alpha value is -1.92. The maximum atomic E-state index is 9.73. The fraction of sp³-hybridized carbons (Fsp3) is 0.333. The van der Waals surface area contributed by atoms with Crippen molar-refractivity contribution in [2.45, 2.75) is 24.9 Å². The SMILES string of the molecule is O[C@H]1[C@H](O)CN(Cc2ccc(Oc3ccccc3)cc2)C[C@@H]1O. The largest absolute Gasteiger partial charge is 0.457 e. The van der Waals surface area contributed by atoms with Crippen LogP contribution in [0.25, 0.3) is 0 Å². The van der Waals surface area contributed by atoms with E-state index in [0.717, 1.165) is 17.1 Å². The van der Waals surface area contributed by atoms with E-state index >= 15 is 0 Å². The van der Waals surface area contributed by atoms with Gasteiger partial charge in [-0.05, 0) is 29.8 Å². The zero-order chi connectivity index (χ0) is 16.2. The summed E-state index contributed by atoms with van der Waals surface area (Å²) in [4.78, 5) is 1.93. The molecule has 3 atom stereocenters. The summed E-state index contributed by atoms with van der Waals surface area (Å²) >= 11 is 0. The number of hydrogen-bond acceptors (Lipinski definition) is 5. The predicted octanol–water partition coefficient (Wildman–Crippen LogP) is 1.38. The lowest BCUT2D eigenvalue weighted by atomic mass is 10.0. The summed E-state index contributed by atoms with van der Waals surface area (Å²) in [5.74, 6) is 1.55. The lowest BCUT2D eigenvalue weighted by molar-refractivity contribution is -0.111. The van der Waals surface area contributed by atoms with Gasteiger partial charge in [0.2, 0.25) is 0 Å². The minimum absolute atomic E-state index is 0.348. The van der Waals surface area contributed by atoms with Crippen LogP contribution in [0.4, 0.5) is 0 Å². The van der Waals surface area contributed by atoms with Gasteiger partial charge in [0.1, 0.15) is 17.6 Å². The second-order valence-corrected chi connectivity index (χ2v) is 5.88. The Morgan fingerprint density at radius 3 is 2.00 bits per heavy atom. The minimum atomic E-state index is -1.06. The summed E-state index contributed by atoms with van der Waals surface area (Å²) in [6.45, 7) is 1.30. The molecule has 0 saturated carbocycles. The van der Waals surface area contributed by atoms with E-state index in [-0.39, 0.29) is 0 Å². The lowest BCUT2D eigenvalue weighted by Crippen LogP contribution is -2.54. The molecule has 0 unspecified atom stereocenters. The zero-order valence-electron chi connectivity index (χ0n) is 12.7. The molecule has 1 aliphatic heterocycles. The third-order valence-electron chi connectivity index (χ3n) is 3.99. The van der Waals surface area contributed by atoms with Crippen molar-refractivity contribution >= 4 is 0 Å². The summed E-state index contributed by atoms with van der Waals surface area (Å²) in [7, 11) is 0. The lowest BCUT2D eigenvalue weighted by Gasteiger charge is -2.36. The summed E-state index contributed by atoms with van der Waals surface area (Å²) in [6, 6.07) is 17.3. The van der Waals surface area contributed by atoms with Gasteiger partial charge in [-0.1, -0.05) is 30.3 Å². The number of benzene rings is 2. The quantitative estimate of drug-likeness (QED) is 0.795. The highest BCUT2D eigenvalue weighted by atomic mass is 16.5. The molecule has 0 radical (unpaired) electrons. The minimum Gasteiger partial charge on any atom is -0.457 e. The molecule has 0 aromatic heterocycles. The van der Waals surface area contributed by atoms with E-state index in [2.05, 4.69) is 0 Å². The maximum absolute atomic E-state index is 9.73. The number of aliphatic hydroxyl groups is 3. The van der Waals surface area contributed by atoms with Gasteiger partial charge in [-0.15, -0.1) is 0 Å². The fourth-order valence-electron chi connectivity index (χ4n) is 2.75. The summed E-state index contributed by atoms with van der Waals surface area (Å²) in [5, 5.41) is 29.0. The Labute approximate surface area is 135 Å². The summed E-state index contributed by atoms with van der Waals surface area (Å²) in [5.41, 5.74) is 1.06. The van der Waals surface area contributed by atoms with E-state index in [1.807, 2.05) is 59.5 Å². The first-order valence-corrected chi connectivity index (χ1v) is 7.70. The normalized spacial score (nSPS) is 25.3. The number of nitrogens with zero attached hydrogens (tertiary/aromatic N) is 1. The molecule has 23 heavy (non-hydrogen) atoms. The van der Waals surface area contributed by atoms with Gasteiger partial charge < -0.3 is 20.1 Å². The highest BCUT2D eigenvalue weighted by Gasteiger charge is 2.33. The van der Waals surface area contributed by atoms with Crippen molar-refractivity contribution in [3.63, 3.8) is 0 Å². The Morgan fingerprint density at radius 1 is 0.826 bits per heavy atom. The predicted molar refractivity (Wildman–Crippen MR) is 86.3 cm³/mol. The first-order valence-electron chi connectivity index (χ1n) is 7.70. The second-order valence-electron chi connectivity index (χ2n) is 5.88. The molecule has 2 aromatic carbocycles. The molecule has 0 spiro atoms. The molecule has 0 amide bonds. The molecule has 5 heteroatoms. The fourth-order valence-corrected chi connectivity index (χ4v) is 2.75. The molecule has 5 nitrogen and oxygen atoms in total. The van der Waals surface area contributed by atoms with Crippen molar-refractivity contribution in [2.24, 2.45) is 0 Å². The third kappa shape index (κ3) is 4.09. The highest BCUT2D eigenvalue weighted by molar-refractivity contribution is 5.32. The van der Waals surface area contributed by atoms with Crippen LogP contribution in [0.15, 0.2) is 54.6 Å². The van der Waals surface area contributed by atoms with Gasteiger partial charge in [-0.25, -0.2) is 0 Å². The molecule has 1 aliphatic rings. The van der Waals surface area contributed by atoms with Gasteiger partial charge in [0, 0.05) is 19.6 Å². The molecule has 3 N–H and O–H groups in total. The molecular formula is C18H21NO4. The second kappa shape index (κ2) is 7.10. The summed E-state index contributed by atoms with van der Waals surface area (Å²) < 4.78 is 5.74. The van der Waals surface area contributed by atoms with Crippen LogP contribution in [0.3, 0.4) is 0 Å². The molecular weight excluding hydrogens is 294 g/mol. The average molecular weight is 315 g/mol. The summed E-state index contributed by atoms with van der Waals surface area (Å²) in [6.07, 6.45) is -2.90. The zero-order valence-corrected chi connectivity index (χ0v) is 12.7. The van der Waals surface area contributed by atoms with E-state index in [9.17, 15) is 15.3 Å². The van der Waals surface area contributed by atoms with Gasteiger partial charge in [-0.2, -0.15) is 0 Å². The van der Waals surface area contributed by atoms with Gasteiger partial charge >= 0.3 is 0 Å². The average Bonchev–Trinajstić information content (AvgIpc) is 2.55. The van der Waals surface area contributed by atoms with Crippen LogP contribution in [0.1, 0.15) is 5.56 Å². The van der Waals surface area contributed by atoms with E-state index < -0.39 is 18.3 Å². The van der Waals surface area contributed by atoms with E-state index in [0.29, 0.717) is 19.6 Å². The molecule has 1 fully saturated rings. The smallest absolute Gasteiger partial charge is 0.127 e. The number of ether oxygens (including phenoxy) is 1. The van der Waals surface area contributed by atoms with Crippen LogP contribution in [0.5, 0.6) is 11.5 Å². The molecule has 3 rings (SSSR count). The molecule has 0 aliphatic carbocycles. The Morgan fingerprint density at radius 2 is 1.39 bits per heavy atom. The van der Waals surface area contributed by atoms with Crippen molar-refractivity contribution in [1.82, 2.24) is 4.90 Å². The van der Waals surface area contributed by atoms with Crippen LogP contribution >= 0.6 is 0 Å². The molecule has 0 bridgehead atoms. The molecule has 1 saturated heterocycles. The van der Waals surface area contributed by atoms with Crippen molar-refractivity contribution in [2.75, 3.05) is 13.1 Å². The van der Waals surface area contributed by atoms with Crippen LogP contribution in [0, 0.1) is 0 Å². The van der Waals surface area contributed by atoms with Gasteiger partial charge in [0.25, 0.3) is 0 Å². The van der Waals surface area contributed by atoms with Crippen molar-refractivity contribution in [3.8, 4) is 11.5 Å². The van der Waals surface area contributed by atoms with Crippen LogP contribution < -0.4 is 4.74 Å². The number of piperidine rings is 1. The van der Waals surface area contributed by atoms with E-state index in [1.54, 1.807) is 0 Å². The molecule has 1 heterocycles. The Balaban J connectivity index is 1.59. The standard InChI is InChI=1S/C18H21NO4/c20-16-11-19(12-17(21)18(16)22)10-13-6-8-15(9-7-13)23-14-4-2-1-3-5-14/h1-9,16-18,20-22H,10-12H2/t16-,17+,18+. The number of aliphatic hydroxyl groups excluding tert-OH is 3. The Bertz CT molecular complexity index is 605. The molecule has 122 valence electrons. The first-order chi connectivity index (χ1) is 11.1. The monoisotopic (exact) mass is 315 g/mol. The van der Waals surface area contributed by atoms with Gasteiger partial charge in [0.05, 0.1) is 12.2 Å². The Kier molecular flexibility index (Phi) is 4.93. The highest BCUT2D eigenvalue weighted by Crippen LogP contribution is 2.22. The third-order valence-corrected chi connectivity index (χ3v) is 3.99. The van der Waals surface area contributed by atoms with Crippen molar-refractivity contribution in [3.05, 3.63) is 60.2 Å². The van der Waals surface area contributed by atoms with Crippen LogP contribution in [-0.2, 0) is 6.54 Å². The van der Waals surface area contributed by atoms with Crippen molar-refractivity contribution in [1.29, 1.82) is 0 Å². The number of β-amino-alcohol motifs (C(OH)–C–C–N with tert-alkyl or cyclic N) is 2. The van der Waals surface area contributed by atoms with Gasteiger partial charge in [-0.3, -0.25) is 4.90 Å². The number of para-hydroxylation sites is 1. The number of hydrogen-bond donors (Lipinski definition) is 3.